The summed E-state index contributed by atoms with van der Waals surface area (Å²) in [4.78, 5) is 23.6. The Morgan fingerprint density at radius 2 is 1.93 bits per heavy atom. The molecule has 1 aliphatic heterocycles. The number of unbranched alkanes of at least 4 members (excludes halogenated alkanes) is 1. The zero-order chi connectivity index (χ0) is 22.3. The minimum atomic E-state index is -2.10. The first kappa shape index (κ1) is 24.1. The Morgan fingerprint density at radius 1 is 1.27 bits per heavy atom. The minimum absolute atomic E-state index is 0.289. The van der Waals surface area contributed by atoms with E-state index >= 15 is 0 Å². The van der Waals surface area contributed by atoms with Crippen molar-refractivity contribution in [2.45, 2.75) is 69.7 Å². The summed E-state index contributed by atoms with van der Waals surface area (Å²) >= 11 is 0. The van der Waals surface area contributed by atoms with Crippen LogP contribution in [-0.4, -0.2) is 71.2 Å². The molecule has 0 aliphatic carbocycles. The number of hydrogen-bond acceptors (Lipinski definition) is 9. The Morgan fingerprint density at radius 3 is 2.50 bits per heavy atom. The predicted octanol–water partition coefficient (Wildman–Crippen LogP) is 0.712. The molecule has 9 nitrogen and oxygen atoms in total. The van der Waals surface area contributed by atoms with Gasteiger partial charge in [0.15, 0.2) is 0 Å². The maximum atomic E-state index is 12.6. The number of carbonyl (C=O) groups is 2. The lowest BCUT2D eigenvalue weighted by atomic mass is 9.92. The van der Waals surface area contributed by atoms with E-state index in [9.17, 15) is 24.9 Å². The van der Waals surface area contributed by atoms with Crippen LogP contribution in [0.15, 0.2) is 24.3 Å². The van der Waals surface area contributed by atoms with Crippen molar-refractivity contribution in [3.63, 3.8) is 0 Å². The summed E-state index contributed by atoms with van der Waals surface area (Å²) < 4.78 is 21.0. The van der Waals surface area contributed by atoms with Crippen molar-refractivity contribution in [1.29, 1.82) is 0 Å². The van der Waals surface area contributed by atoms with Crippen molar-refractivity contribution in [2.24, 2.45) is 0 Å². The largest absolute Gasteiger partial charge is 0.464 e. The van der Waals surface area contributed by atoms with Crippen LogP contribution in [-0.2, 0) is 30.2 Å². The molecule has 0 aromatic heterocycles. The Bertz CT molecular complexity index is 705. The van der Waals surface area contributed by atoms with Crippen LogP contribution in [0.25, 0.3) is 0 Å². The molecule has 2 rings (SSSR count). The van der Waals surface area contributed by atoms with Gasteiger partial charge in [0.25, 0.3) is 0 Å². The zero-order valence-electron chi connectivity index (χ0n) is 17.4. The Kier molecular flexibility index (Phi) is 8.60. The highest BCUT2D eigenvalue weighted by atomic mass is 16.7. The average Bonchev–Trinajstić information content (AvgIpc) is 2.73. The van der Waals surface area contributed by atoms with Gasteiger partial charge >= 0.3 is 17.7 Å². The third-order valence-electron chi connectivity index (χ3n) is 4.89. The maximum absolute atomic E-state index is 12.6. The summed E-state index contributed by atoms with van der Waals surface area (Å²) in [6.07, 6.45) is -3.37. The summed E-state index contributed by atoms with van der Waals surface area (Å²) in [5, 5.41) is 30.9. The molecule has 1 unspecified atom stereocenters. The molecule has 0 spiro atoms. The predicted molar refractivity (Wildman–Crippen MR) is 105 cm³/mol. The zero-order valence-corrected chi connectivity index (χ0v) is 17.4. The number of methoxy groups -OCH3 is 1. The Balaban J connectivity index is 2.25. The van der Waals surface area contributed by atoms with Crippen LogP contribution < -0.4 is 4.74 Å². The second-order valence-electron chi connectivity index (χ2n) is 7.31. The van der Waals surface area contributed by atoms with Gasteiger partial charge in [-0.3, -0.25) is 4.79 Å². The van der Waals surface area contributed by atoms with Crippen LogP contribution in [0.2, 0.25) is 0 Å². The summed E-state index contributed by atoms with van der Waals surface area (Å²) in [5.74, 6) is -3.38. The lowest BCUT2D eigenvalue weighted by Gasteiger charge is -2.44. The van der Waals surface area contributed by atoms with Gasteiger partial charge in [0.05, 0.1) is 19.6 Å². The molecule has 0 bridgehead atoms. The van der Waals surface area contributed by atoms with Crippen molar-refractivity contribution in [2.75, 3.05) is 13.7 Å². The molecule has 1 aromatic rings. The highest BCUT2D eigenvalue weighted by Gasteiger charge is 2.56. The Labute approximate surface area is 175 Å². The van der Waals surface area contributed by atoms with Crippen molar-refractivity contribution in [3.8, 4) is 5.75 Å². The molecule has 1 fully saturated rings. The number of aliphatic hydroxyl groups excluding tert-OH is 3. The smallest absolute Gasteiger partial charge is 0.379 e. The molecule has 168 valence electrons. The summed E-state index contributed by atoms with van der Waals surface area (Å²) in [5.41, 5.74) is 1.10. The van der Waals surface area contributed by atoms with Crippen LogP contribution in [0, 0.1) is 0 Å². The number of aliphatic hydroxyl groups is 3. The second-order valence-corrected chi connectivity index (χ2v) is 7.31. The third-order valence-corrected chi connectivity index (χ3v) is 4.89. The molecular formula is C21H30O9. The quantitative estimate of drug-likeness (QED) is 0.489. The van der Waals surface area contributed by atoms with E-state index in [2.05, 4.69) is 6.92 Å². The van der Waals surface area contributed by atoms with Crippen LogP contribution in [0.5, 0.6) is 5.75 Å². The molecule has 5 atom stereocenters. The van der Waals surface area contributed by atoms with E-state index in [0.29, 0.717) is 0 Å². The second kappa shape index (κ2) is 10.7. The standard InChI is InChI=1S/C21H30O9/c1-4-5-6-14-7-9-15(10-8-14)29-21(20(26)27-3)11-16(23)18(25)19(30-21)17(24)12-28-13(2)22/h7-10,16-19,23-25H,4-6,11-12H2,1-3H3/t16-,17-,18-,19?,21-/m1/s1. The van der Waals surface area contributed by atoms with Crippen molar-refractivity contribution >= 4 is 11.9 Å². The number of aryl methyl sites for hydroxylation is 1. The van der Waals surface area contributed by atoms with Crippen LogP contribution in [0.4, 0.5) is 0 Å². The number of carbonyl (C=O) groups excluding carboxylic acids is 2. The molecule has 1 aliphatic rings. The van der Waals surface area contributed by atoms with E-state index in [1.807, 2.05) is 12.1 Å². The number of benzene rings is 1. The number of esters is 2. The van der Waals surface area contributed by atoms with E-state index in [-0.39, 0.29) is 5.75 Å². The first-order chi connectivity index (χ1) is 14.2. The molecule has 3 N–H and O–H groups in total. The molecular weight excluding hydrogens is 396 g/mol. The first-order valence-electron chi connectivity index (χ1n) is 9.94. The van der Waals surface area contributed by atoms with E-state index in [1.165, 1.54) is 0 Å². The number of hydrogen-bond donors (Lipinski definition) is 3. The van der Waals surface area contributed by atoms with E-state index in [1.54, 1.807) is 12.1 Å². The van der Waals surface area contributed by atoms with Gasteiger partial charge in [0.1, 0.15) is 30.7 Å². The molecule has 0 radical (unpaired) electrons. The maximum Gasteiger partial charge on any atom is 0.379 e. The normalized spacial score (nSPS) is 27.2. The fraction of sp³-hybridized carbons (Fsp3) is 0.619. The molecule has 0 saturated carbocycles. The van der Waals surface area contributed by atoms with Gasteiger partial charge in [-0.05, 0) is 30.5 Å². The fourth-order valence-electron chi connectivity index (χ4n) is 3.25. The summed E-state index contributed by atoms with van der Waals surface area (Å²) in [6.45, 7) is 2.77. The van der Waals surface area contributed by atoms with E-state index < -0.39 is 55.2 Å². The molecule has 0 amide bonds. The third kappa shape index (κ3) is 5.91. The van der Waals surface area contributed by atoms with Crippen LogP contribution >= 0.6 is 0 Å². The van der Waals surface area contributed by atoms with Gasteiger partial charge in [0.2, 0.25) is 0 Å². The molecule has 30 heavy (non-hydrogen) atoms. The summed E-state index contributed by atoms with van der Waals surface area (Å²) in [7, 11) is 1.13. The minimum Gasteiger partial charge on any atom is -0.464 e. The Hall–Kier alpha value is -2.20. The van der Waals surface area contributed by atoms with E-state index in [4.69, 9.17) is 18.9 Å². The SMILES string of the molecule is CCCCc1ccc(O[C@]2(C(=O)OC)C[C@@H](O)[C@@H](O)C([C@H](O)COC(C)=O)O2)cc1. The van der Waals surface area contributed by atoms with E-state index in [0.717, 1.165) is 38.9 Å². The van der Waals surface area contributed by atoms with Crippen LogP contribution in [0.1, 0.15) is 38.7 Å². The highest BCUT2D eigenvalue weighted by Crippen LogP contribution is 2.35. The number of rotatable bonds is 9. The lowest BCUT2D eigenvalue weighted by molar-refractivity contribution is -0.300. The van der Waals surface area contributed by atoms with Gasteiger partial charge in [-0.2, -0.15) is 0 Å². The molecule has 1 saturated heterocycles. The topological polar surface area (TPSA) is 132 Å². The van der Waals surface area contributed by atoms with Crippen LogP contribution in [0.3, 0.4) is 0 Å². The lowest BCUT2D eigenvalue weighted by Crippen LogP contribution is -2.64. The highest BCUT2D eigenvalue weighted by molar-refractivity contribution is 5.78. The molecule has 9 heteroatoms. The summed E-state index contributed by atoms with van der Waals surface area (Å²) in [6, 6.07) is 7.05. The average molecular weight is 426 g/mol. The van der Waals surface area contributed by atoms with Crippen molar-refractivity contribution < 1.29 is 43.9 Å². The first-order valence-corrected chi connectivity index (χ1v) is 9.94. The molecule has 1 heterocycles. The fourth-order valence-corrected chi connectivity index (χ4v) is 3.25. The van der Waals surface area contributed by atoms with Gasteiger partial charge in [-0.15, -0.1) is 0 Å². The van der Waals surface area contributed by atoms with Crippen molar-refractivity contribution in [3.05, 3.63) is 29.8 Å². The van der Waals surface area contributed by atoms with Gasteiger partial charge < -0.3 is 34.3 Å². The number of ether oxygens (including phenoxy) is 4. The molecule has 1 aromatic carbocycles. The van der Waals surface area contributed by atoms with Gasteiger partial charge in [0, 0.05) is 6.92 Å². The van der Waals surface area contributed by atoms with Crippen molar-refractivity contribution in [1.82, 2.24) is 0 Å². The van der Waals surface area contributed by atoms with Gasteiger partial charge in [-0.25, -0.2) is 4.79 Å². The van der Waals surface area contributed by atoms with Gasteiger partial charge in [-0.1, -0.05) is 25.5 Å². The monoisotopic (exact) mass is 426 g/mol.